The fourth-order valence-electron chi connectivity index (χ4n) is 4.77. The maximum absolute atomic E-state index is 14.1. The predicted octanol–water partition coefficient (Wildman–Crippen LogP) is 4.86. The molecule has 0 bridgehead atoms. The molecule has 1 aromatic heterocycles. The van der Waals surface area contributed by atoms with Crippen LogP contribution in [0.25, 0.3) is 0 Å². The van der Waals surface area contributed by atoms with Crippen molar-refractivity contribution in [1.82, 2.24) is 10.2 Å². The van der Waals surface area contributed by atoms with Crippen LogP contribution in [0.1, 0.15) is 57.7 Å². The van der Waals surface area contributed by atoms with Gasteiger partial charge in [-0.3, -0.25) is 5.10 Å². The van der Waals surface area contributed by atoms with Gasteiger partial charge in [-0.15, -0.1) is 5.10 Å². The first-order chi connectivity index (χ1) is 17.4. The number of aromatic carboxylic acids is 1. The van der Waals surface area contributed by atoms with Gasteiger partial charge in [-0.1, -0.05) is 37.8 Å². The molecule has 0 radical (unpaired) electrons. The summed E-state index contributed by atoms with van der Waals surface area (Å²) in [6.45, 7) is 5.21. The first kappa shape index (κ1) is 25.4. The number of allylic oxidation sites excluding steroid dienone is 1. The minimum atomic E-state index is -4.73. The number of rotatable bonds is 3. The number of aryl methyl sites for hydroxylation is 1. The number of hydrogen-bond acceptors (Lipinski definition) is 5. The van der Waals surface area contributed by atoms with Gasteiger partial charge in [0.2, 0.25) is 11.8 Å². The van der Waals surface area contributed by atoms with Crippen LogP contribution in [0, 0.1) is 36.0 Å². The highest BCUT2D eigenvalue weighted by Gasteiger charge is 2.51. The number of carboxylic acids is 1. The van der Waals surface area contributed by atoms with Crippen molar-refractivity contribution < 1.29 is 27.8 Å². The second-order valence-electron chi connectivity index (χ2n) is 8.84. The van der Waals surface area contributed by atoms with E-state index in [2.05, 4.69) is 22.0 Å². The van der Waals surface area contributed by atoms with E-state index in [9.17, 15) is 28.3 Å². The number of aromatic amines is 1. The summed E-state index contributed by atoms with van der Waals surface area (Å²) in [4.78, 5) is 11.5. The molecule has 10 heteroatoms. The van der Waals surface area contributed by atoms with E-state index in [1.807, 2.05) is 6.07 Å². The number of nitrogens with two attached hydrogens (primary N) is 1. The molecule has 37 heavy (non-hydrogen) atoms. The van der Waals surface area contributed by atoms with E-state index >= 15 is 0 Å². The van der Waals surface area contributed by atoms with Gasteiger partial charge in [0.25, 0.3) is 0 Å². The Morgan fingerprint density at radius 1 is 1.22 bits per heavy atom. The number of aromatic nitrogens is 2. The first-order valence-corrected chi connectivity index (χ1v) is 11.1. The first-order valence-electron chi connectivity index (χ1n) is 11.1. The van der Waals surface area contributed by atoms with Crippen LogP contribution in [0.15, 0.2) is 53.9 Å². The van der Waals surface area contributed by atoms with Gasteiger partial charge in [0.1, 0.15) is 11.6 Å². The Hall–Kier alpha value is -4.70. The van der Waals surface area contributed by atoms with Gasteiger partial charge >= 0.3 is 12.1 Å². The Morgan fingerprint density at radius 2 is 1.92 bits per heavy atom. The van der Waals surface area contributed by atoms with E-state index < -0.39 is 29.0 Å². The van der Waals surface area contributed by atoms with Gasteiger partial charge in [-0.2, -0.15) is 18.4 Å². The van der Waals surface area contributed by atoms with E-state index in [4.69, 9.17) is 10.5 Å². The monoisotopic (exact) mass is 506 g/mol. The number of H-pyrrole nitrogens is 1. The molecule has 1 unspecified atom stereocenters. The lowest BCUT2D eigenvalue weighted by molar-refractivity contribution is -0.137. The number of ether oxygens (including phenoxy) is 1. The van der Waals surface area contributed by atoms with E-state index in [0.29, 0.717) is 11.3 Å². The maximum Gasteiger partial charge on any atom is 0.416 e. The van der Waals surface area contributed by atoms with Crippen molar-refractivity contribution in [3.8, 4) is 23.8 Å². The Morgan fingerprint density at radius 3 is 2.54 bits per heavy atom. The lowest BCUT2D eigenvalue weighted by Gasteiger charge is -2.41. The molecule has 1 aliphatic rings. The number of hydrogen-bond donors (Lipinski definition) is 3. The Labute approximate surface area is 210 Å². The molecule has 188 valence electrons. The number of nitrogens with one attached hydrogen (secondary N) is 1. The van der Waals surface area contributed by atoms with E-state index in [0.717, 1.165) is 12.1 Å². The fourth-order valence-corrected chi connectivity index (χ4v) is 4.77. The molecule has 0 saturated heterocycles. The van der Waals surface area contributed by atoms with Gasteiger partial charge in [-0.05, 0) is 48.7 Å². The number of fused-ring (bicyclic) bond motifs is 1. The molecule has 2 heterocycles. The van der Waals surface area contributed by atoms with E-state index in [1.165, 1.54) is 24.3 Å². The number of nitrogens with zero attached hydrogens (tertiary/aromatic N) is 2. The predicted molar refractivity (Wildman–Crippen MR) is 127 cm³/mol. The third kappa shape index (κ3) is 4.17. The van der Waals surface area contributed by atoms with Crippen molar-refractivity contribution in [3.63, 3.8) is 0 Å². The summed E-state index contributed by atoms with van der Waals surface area (Å²) < 4.78 is 47.8. The highest BCUT2D eigenvalue weighted by atomic mass is 19.4. The fraction of sp³-hybridized carbons (Fsp3) is 0.222. The molecule has 1 aliphatic heterocycles. The maximum atomic E-state index is 14.1. The smallest absolute Gasteiger partial charge is 0.416 e. The van der Waals surface area contributed by atoms with Gasteiger partial charge in [-0.25, -0.2) is 4.79 Å². The topological polar surface area (TPSA) is 125 Å². The third-order valence-corrected chi connectivity index (χ3v) is 6.35. The van der Waals surface area contributed by atoms with E-state index in [-0.39, 0.29) is 39.6 Å². The molecule has 3 aromatic rings. The molecule has 0 fully saturated rings. The van der Waals surface area contributed by atoms with E-state index in [1.54, 1.807) is 26.8 Å². The van der Waals surface area contributed by atoms with Crippen molar-refractivity contribution in [2.75, 3.05) is 0 Å². The summed E-state index contributed by atoms with van der Waals surface area (Å²) in [6, 6.07) is 11.3. The largest absolute Gasteiger partial charge is 0.478 e. The van der Waals surface area contributed by atoms with Crippen LogP contribution in [-0.2, 0) is 11.6 Å². The molecule has 0 aliphatic carbocycles. The number of halogens is 3. The summed E-state index contributed by atoms with van der Waals surface area (Å²) in [5.41, 5.74) is 4.71. The molecule has 1 atom stereocenters. The summed E-state index contributed by atoms with van der Waals surface area (Å²) in [5.74, 6) is 3.51. The molecule has 4 rings (SSSR count). The number of alkyl halides is 3. The van der Waals surface area contributed by atoms with Crippen molar-refractivity contribution in [2.24, 2.45) is 11.7 Å². The Kier molecular flexibility index (Phi) is 6.22. The molecule has 2 aromatic carbocycles. The number of benzene rings is 2. The average Bonchev–Trinajstić information content (AvgIpc) is 3.21. The van der Waals surface area contributed by atoms with Gasteiger partial charge < -0.3 is 15.6 Å². The average molecular weight is 506 g/mol. The molecule has 0 amide bonds. The number of nitriles is 1. The van der Waals surface area contributed by atoms with Crippen LogP contribution in [0.5, 0.6) is 5.88 Å². The molecule has 0 spiro atoms. The molecule has 0 saturated carbocycles. The second kappa shape index (κ2) is 9.07. The lowest BCUT2D eigenvalue weighted by Crippen LogP contribution is -2.41. The van der Waals surface area contributed by atoms with Crippen LogP contribution < -0.4 is 10.5 Å². The van der Waals surface area contributed by atoms with Crippen molar-refractivity contribution in [2.45, 2.75) is 32.4 Å². The minimum absolute atomic E-state index is 0.0184. The normalized spacial score (nSPS) is 16.9. The summed E-state index contributed by atoms with van der Waals surface area (Å²) in [5, 5.41) is 26.4. The van der Waals surface area contributed by atoms with Crippen LogP contribution in [0.4, 0.5) is 13.2 Å². The zero-order valence-corrected chi connectivity index (χ0v) is 20.0. The van der Waals surface area contributed by atoms with Gasteiger partial charge in [0, 0.05) is 16.8 Å². The van der Waals surface area contributed by atoms with Crippen molar-refractivity contribution in [1.29, 1.82) is 5.26 Å². The minimum Gasteiger partial charge on any atom is -0.478 e. The second-order valence-corrected chi connectivity index (χ2v) is 8.84. The highest BCUT2D eigenvalue weighted by molar-refractivity contribution is 5.90. The molecular formula is C27H21F3N4O3. The molecular weight excluding hydrogens is 485 g/mol. The zero-order chi connectivity index (χ0) is 27.1. The van der Waals surface area contributed by atoms with Crippen molar-refractivity contribution >= 4 is 5.97 Å². The quantitative estimate of drug-likeness (QED) is 0.436. The zero-order valence-electron chi connectivity index (χ0n) is 20.0. The third-order valence-electron chi connectivity index (χ3n) is 6.35. The Balaban J connectivity index is 2.05. The van der Waals surface area contributed by atoms with Crippen molar-refractivity contribution in [3.05, 3.63) is 93.0 Å². The number of carbonyl (C=O) groups is 1. The van der Waals surface area contributed by atoms with Gasteiger partial charge in [0.15, 0.2) is 0 Å². The summed E-state index contributed by atoms with van der Waals surface area (Å²) >= 11 is 0. The number of carboxylic acid groups (broad SMARTS) is 1. The van der Waals surface area contributed by atoms with Crippen LogP contribution >= 0.6 is 0 Å². The van der Waals surface area contributed by atoms with Crippen LogP contribution in [0.2, 0.25) is 0 Å². The summed E-state index contributed by atoms with van der Waals surface area (Å²) in [7, 11) is 0. The van der Waals surface area contributed by atoms with Crippen LogP contribution in [0.3, 0.4) is 0 Å². The summed E-state index contributed by atoms with van der Waals surface area (Å²) in [6.07, 6.45) is -4.73. The SMILES string of the molecule is Cc1[nH]nc2c1C(c1cc(C#Cc3ccccc3C(=O)O)cc(C(F)(F)F)c1)(C(C)C)C(C#N)=C(N)O2. The van der Waals surface area contributed by atoms with Gasteiger partial charge in [0.05, 0.1) is 22.1 Å². The highest BCUT2D eigenvalue weighted by Crippen LogP contribution is 2.53. The van der Waals surface area contributed by atoms with Crippen LogP contribution in [-0.4, -0.2) is 21.3 Å². The standard InChI is InChI=1S/C27H21F3N4O3/c1-14(2)26(21(13-31)23(32)37-24-22(26)15(3)33-34-24)18-10-16(11-19(12-18)27(28,29)30)8-9-17-6-4-5-7-20(17)25(35)36/h4-7,10-12,14H,32H2,1-3H3,(H,33,34)(H,35,36). The molecule has 4 N–H and O–H groups in total. The Bertz CT molecular complexity index is 1550. The lowest BCUT2D eigenvalue weighted by atomic mass is 9.61. The molecule has 7 nitrogen and oxygen atoms in total.